The van der Waals surface area contributed by atoms with Crippen molar-refractivity contribution in [3.8, 4) is 0 Å². The van der Waals surface area contributed by atoms with E-state index >= 15 is 0 Å². The number of esters is 2. The molecule has 8 nitrogen and oxygen atoms in total. The summed E-state index contributed by atoms with van der Waals surface area (Å²) in [7, 11) is 5.39. The van der Waals surface area contributed by atoms with Crippen LogP contribution in [-0.2, 0) is 19.1 Å². The molecule has 8 heteroatoms. The fraction of sp³-hybridized carbons (Fsp3) is 0.935. The highest BCUT2D eigenvalue weighted by Crippen LogP contribution is 2.15. The molecular formula is C46H92N2O6. The smallest absolute Gasteiger partial charge is 0.407 e. The molecule has 0 atom stereocenters. The second-order valence-electron chi connectivity index (χ2n) is 16.1. The van der Waals surface area contributed by atoms with Crippen molar-refractivity contribution in [2.45, 2.75) is 232 Å². The molecule has 1 amide bonds. The number of carbonyl (C=O) groups excluding carboxylic acids is 2. The van der Waals surface area contributed by atoms with Crippen LogP contribution >= 0.6 is 0 Å². The van der Waals surface area contributed by atoms with Crippen molar-refractivity contribution in [2.75, 3.05) is 47.4 Å². The third kappa shape index (κ3) is 48.2. The molecule has 0 spiro atoms. The first-order valence-corrected chi connectivity index (χ1v) is 23.1. The highest BCUT2D eigenvalue weighted by Gasteiger charge is 2.09. The maximum Gasteiger partial charge on any atom is 0.407 e. The second kappa shape index (κ2) is 45.6. The van der Waals surface area contributed by atoms with Crippen LogP contribution in [0.15, 0.2) is 0 Å². The Morgan fingerprint density at radius 3 is 0.852 bits per heavy atom. The average Bonchev–Trinajstić information content (AvgIpc) is 3.15. The number of hydrogen-bond donors (Lipinski definition) is 1. The number of nitrogens with zero attached hydrogens (tertiary/aromatic N) is 2. The van der Waals surface area contributed by atoms with Gasteiger partial charge in [-0.25, -0.2) is 4.79 Å². The van der Waals surface area contributed by atoms with Crippen LogP contribution in [0.2, 0.25) is 0 Å². The SMILES string of the molecule is CCCCCCCCCCCCCCCCCCOC(=O)CCC(=O)OCCCCCCCCCCCCCCCCCC.CN(C)CCN(C)C(=O)O. The minimum absolute atomic E-state index is 0.136. The molecule has 54 heavy (non-hydrogen) atoms. The van der Waals surface area contributed by atoms with Gasteiger partial charge in [-0.2, -0.15) is 0 Å². The molecule has 1 N–H and O–H groups in total. The first-order valence-electron chi connectivity index (χ1n) is 23.1. The quantitative estimate of drug-likeness (QED) is 0.0490. The van der Waals surface area contributed by atoms with Gasteiger partial charge in [0.15, 0.2) is 0 Å². The summed E-state index contributed by atoms with van der Waals surface area (Å²) in [6, 6.07) is 0. The van der Waals surface area contributed by atoms with Gasteiger partial charge in [-0.3, -0.25) is 9.59 Å². The highest BCUT2D eigenvalue weighted by molar-refractivity contribution is 5.77. The van der Waals surface area contributed by atoms with E-state index in [4.69, 9.17) is 14.6 Å². The molecule has 0 heterocycles. The lowest BCUT2D eigenvalue weighted by molar-refractivity contribution is -0.150. The van der Waals surface area contributed by atoms with Crippen molar-refractivity contribution >= 4 is 18.0 Å². The van der Waals surface area contributed by atoms with Gasteiger partial charge in [0.2, 0.25) is 0 Å². The van der Waals surface area contributed by atoms with Crippen LogP contribution in [0.5, 0.6) is 0 Å². The van der Waals surface area contributed by atoms with Crippen LogP contribution < -0.4 is 0 Å². The highest BCUT2D eigenvalue weighted by atomic mass is 16.5. The van der Waals surface area contributed by atoms with E-state index in [0.29, 0.717) is 19.8 Å². The molecule has 0 aliphatic rings. The van der Waals surface area contributed by atoms with Gasteiger partial charge < -0.3 is 24.4 Å². The molecule has 0 aliphatic heterocycles. The molecule has 0 bridgehead atoms. The van der Waals surface area contributed by atoms with Crippen molar-refractivity contribution in [3.63, 3.8) is 0 Å². The molecule has 322 valence electrons. The lowest BCUT2D eigenvalue weighted by Gasteiger charge is -2.15. The van der Waals surface area contributed by atoms with Crippen LogP contribution in [0, 0.1) is 0 Å². The molecule has 0 rings (SSSR count). The summed E-state index contributed by atoms with van der Waals surface area (Å²) < 4.78 is 10.6. The largest absolute Gasteiger partial charge is 0.466 e. The third-order valence-corrected chi connectivity index (χ3v) is 10.3. The zero-order valence-corrected chi connectivity index (χ0v) is 36.8. The zero-order valence-electron chi connectivity index (χ0n) is 36.8. The summed E-state index contributed by atoms with van der Waals surface area (Å²) in [5.74, 6) is -0.546. The molecule has 0 saturated carbocycles. The van der Waals surface area contributed by atoms with Crippen LogP contribution in [0.1, 0.15) is 232 Å². The monoisotopic (exact) mass is 769 g/mol. The predicted molar refractivity (Wildman–Crippen MR) is 229 cm³/mol. The van der Waals surface area contributed by atoms with E-state index in [-0.39, 0.29) is 24.8 Å². The molecule has 0 saturated heterocycles. The zero-order chi connectivity index (χ0) is 40.2. The lowest BCUT2D eigenvalue weighted by Crippen LogP contribution is -2.32. The van der Waals surface area contributed by atoms with Gasteiger partial charge in [-0.15, -0.1) is 0 Å². The molecule has 0 aromatic heterocycles. The summed E-state index contributed by atoms with van der Waals surface area (Å²) in [6.45, 7) is 6.84. The maximum absolute atomic E-state index is 11.9. The van der Waals surface area contributed by atoms with E-state index in [1.807, 2.05) is 19.0 Å². The Morgan fingerprint density at radius 1 is 0.389 bits per heavy atom. The van der Waals surface area contributed by atoms with Crippen molar-refractivity contribution in [1.29, 1.82) is 0 Å². The topological polar surface area (TPSA) is 96.4 Å². The van der Waals surface area contributed by atoms with E-state index in [9.17, 15) is 14.4 Å². The Labute approximate surface area is 335 Å². The number of amides is 1. The molecule has 0 unspecified atom stereocenters. The van der Waals surface area contributed by atoms with Crippen molar-refractivity contribution < 1.29 is 29.0 Å². The van der Waals surface area contributed by atoms with Gasteiger partial charge >= 0.3 is 18.0 Å². The average molecular weight is 769 g/mol. The first-order chi connectivity index (χ1) is 26.2. The summed E-state index contributed by atoms with van der Waals surface area (Å²) in [5, 5.41) is 8.40. The summed E-state index contributed by atoms with van der Waals surface area (Å²) in [6.07, 6.45) is 42.1. The molecule has 0 aromatic carbocycles. The van der Waals surface area contributed by atoms with Gasteiger partial charge in [0.05, 0.1) is 26.1 Å². The third-order valence-electron chi connectivity index (χ3n) is 10.3. The van der Waals surface area contributed by atoms with Gasteiger partial charge in [0, 0.05) is 20.1 Å². The van der Waals surface area contributed by atoms with E-state index in [0.717, 1.165) is 32.2 Å². The number of unbranched alkanes of at least 4 members (excludes halogenated alkanes) is 30. The minimum Gasteiger partial charge on any atom is -0.466 e. The van der Waals surface area contributed by atoms with Crippen LogP contribution in [0.4, 0.5) is 4.79 Å². The number of ether oxygens (including phenoxy) is 2. The number of rotatable bonds is 40. The van der Waals surface area contributed by atoms with E-state index < -0.39 is 6.09 Å². The van der Waals surface area contributed by atoms with Gasteiger partial charge in [0.1, 0.15) is 0 Å². The number of hydrogen-bond acceptors (Lipinski definition) is 6. The second-order valence-corrected chi connectivity index (χ2v) is 16.1. The Hall–Kier alpha value is -1.83. The molecule has 0 aromatic rings. The normalized spacial score (nSPS) is 11.0. The van der Waals surface area contributed by atoms with Gasteiger partial charge in [-0.05, 0) is 26.9 Å². The predicted octanol–water partition coefficient (Wildman–Crippen LogP) is 13.5. The van der Waals surface area contributed by atoms with Crippen molar-refractivity contribution in [2.24, 2.45) is 0 Å². The van der Waals surface area contributed by atoms with Crippen LogP contribution in [0.3, 0.4) is 0 Å². The molecule has 0 radical (unpaired) electrons. The number of carboxylic acid groups (broad SMARTS) is 1. The van der Waals surface area contributed by atoms with Crippen LogP contribution in [-0.4, -0.2) is 80.4 Å². The van der Waals surface area contributed by atoms with E-state index in [1.54, 1.807) is 7.05 Å². The summed E-state index contributed by atoms with van der Waals surface area (Å²) >= 11 is 0. The Bertz CT molecular complexity index is 743. The summed E-state index contributed by atoms with van der Waals surface area (Å²) in [5.41, 5.74) is 0. The van der Waals surface area contributed by atoms with Crippen molar-refractivity contribution in [1.82, 2.24) is 9.80 Å². The fourth-order valence-corrected chi connectivity index (χ4v) is 6.47. The standard InChI is InChI=1S/C40H78O4.C6H14N2O2/c1-3-5-7-9-11-13-15-17-19-21-23-25-27-29-31-33-37-43-39(41)35-36-40(42)44-38-34-32-30-28-26-24-22-20-18-16-14-12-10-8-6-4-2;1-7(2)4-5-8(3)6(9)10/h3-38H2,1-2H3;4-5H2,1-3H3,(H,9,10). The van der Waals surface area contributed by atoms with E-state index in [2.05, 4.69) is 13.8 Å². The lowest BCUT2D eigenvalue weighted by atomic mass is 10.0. The van der Waals surface area contributed by atoms with Crippen LogP contribution in [0.25, 0.3) is 0 Å². The maximum atomic E-state index is 11.9. The Morgan fingerprint density at radius 2 is 0.630 bits per heavy atom. The van der Waals surface area contributed by atoms with Crippen molar-refractivity contribution in [3.05, 3.63) is 0 Å². The molecule has 0 aliphatic carbocycles. The van der Waals surface area contributed by atoms with Gasteiger partial charge in [-0.1, -0.05) is 206 Å². The van der Waals surface area contributed by atoms with E-state index in [1.165, 1.54) is 185 Å². The summed E-state index contributed by atoms with van der Waals surface area (Å²) in [4.78, 5) is 37.2. The Kier molecular flexibility index (Phi) is 45.8. The number of likely N-dealkylation sites (N-methyl/N-ethyl adjacent to an activating group) is 2. The fourth-order valence-electron chi connectivity index (χ4n) is 6.47. The number of carbonyl (C=O) groups is 3. The Balaban J connectivity index is 0. The first kappa shape index (κ1) is 54.3. The minimum atomic E-state index is -0.873. The van der Waals surface area contributed by atoms with Gasteiger partial charge in [0.25, 0.3) is 0 Å². The molecular weight excluding hydrogens is 677 g/mol. The molecule has 0 fully saturated rings.